The van der Waals surface area contributed by atoms with Crippen LogP contribution in [0, 0.1) is 6.92 Å². The maximum atomic E-state index is 11.6. The van der Waals surface area contributed by atoms with Crippen LogP contribution in [-0.2, 0) is 0 Å². The number of anilines is 3. The highest BCUT2D eigenvalue weighted by molar-refractivity contribution is 7.99. The smallest absolute Gasteiger partial charge is 0.319 e. The van der Waals surface area contributed by atoms with Crippen molar-refractivity contribution in [1.82, 2.24) is 29.9 Å². The predicted octanol–water partition coefficient (Wildman–Crippen LogP) is 3.80. The standard InChI is InChI=1S/C19H20N8OS/c1-3-20-19(28)22-13-4-6-14(7-5-13)29-17-11-16-21-8-9-27(16)18(24-17)23-15-10-12(2)25-26-15/h4-11H,3H2,1-2H3,(H2,20,22,28)(H2,23,24,25,26). The Balaban J connectivity index is 1.54. The summed E-state index contributed by atoms with van der Waals surface area (Å²) >= 11 is 1.51. The SMILES string of the molecule is CCNC(=O)Nc1ccc(Sc2cc3nccn3c(Nc3cc(C)[nH]n3)n2)cc1. The number of aromatic amines is 1. The number of imidazole rings is 1. The Labute approximate surface area is 171 Å². The van der Waals surface area contributed by atoms with E-state index in [0.717, 1.165) is 26.9 Å². The van der Waals surface area contributed by atoms with Crippen molar-refractivity contribution >= 4 is 40.9 Å². The highest BCUT2D eigenvalue weighted by Gasteiger charge is 2.10. The summed E-state index contributed by atoms with van der Waals surface area (Å²) in [6.45, 7) is 4.39. The van der Waals surface area contributed by atoms with E-state index in [-0.39, 0.29) is 6.03 Å². The summed E-state index contributed by atoms with van der Waals surface area (Å²) in [6, 6.07) is 11.2. The first-order valence-electron chi connectivity index (χ1n) is 9.06. The van der Waals surface area contributed by atoms with Gasteiger partial charge in [-0.05, 0) is 38.1 Å². The molecular weight excluding hydrogens is 388 g/mol. The number of aryl methyl sites for hydroxylation is 1. The Morgan fingerprint density at radius 1 is 1.24 bits per heavy atom. The van der Waals surface area contributed by atoms with Crippen molar-refractivity contribution in [2.75, 3.05) is 17.2 Å². The Morgan fingerprint density at radius 3 is 2.79 bits per heavy atom. The molecule has 4 rings (SSSR count). The van der Waals surface area contributed by atoms with E-state index in [9.17, 15) is 4.79 Å². The molecule has 0 fully saturated rings. The van der Waals surface area contributed by atoms with Crippen LogP contribution in [0.5, 0.6) is 0 Å². The lowest BCUT2D eigenvalue weighted by Crippen LogP contribution is -2.28. The molecule has 0 bridgehead atoms. The average molecular weight is 408 g/mol. The lowest BCUT2D eigenvalue weighted by molar-refractivity contribution is 0.252. The first-order valence-corrected chi connectivity index (χ1v) is 9.88. The number of fused-ring (bicyclic) bond motifs is 1. The number of carbonyl (C=O) groups is 1. The number of nitrogens with one attached hydrogen (secondary N) is 4. The van der Waals surface area contributed by atoms with Gasteiger partial charge in [-0.2, -0.15) is 5.10 Å². The van der Waals surface area contributed by atoms with Crippen molar-refractivity contribution in [2.24, 2.45) is 0 Å². The summed E-state index contributed by atoms with van der Waals surface area (Å²) in [6.07, 6.45) is 3.58. The van der Waals surface area contributed by atoms with Crippen LogP contribution in [0.4, 0.5) is 22.2 Å². The molecule has 0 saturated heterocycles. The Kier molecular flexibility index (Phi) is 5.34. The number of rotatable bonds is 6. The van der Waals surface area contributed by atoms with Crippen LogP contribution in [0.15, 0.2) is 58.7 Å². The van der Waals surface area contributed by atoms with E-state index in [2.05, 4.69) is 31.1 Å². The van der Waals surface area contributed by atoms with Crippen LogP contribution in [0.1, 0.15) is 12.6 Å². The van der Waals surface area contributed by atoms with E-state index in [1.807, 2.05) is 60.8 Å². The molecule has 29 heavy (non-hydrogen) atoms. The van der Waals surface area contributed by atoms with Gasteiger partial charge in [0.15, 0.2) is 5.82 Å². The van der Waals surface area contributed by atoms with Crippen molar-refractivity contribution in [3.05, 3.63) is 54.5 Å². The van der Waals surface area contributed by atoms with E-state index in [1.165, 1.54) is 11.8 Å². The van der Waals surface area contributed by atoms with Crippen LogP contribution in [0.3, 0.4) is 0 Å². The summed E-state index contributed by atoms with van der Waals surface area (Å²) in [5.74, 6) is 1.32. The Hall–Kier alpha value is -3.53. The van der Waals surface area contributed by atoms with Gasteiger partial charge in [0.05, 0.1) is 0 Å². The molecule has 0 aliphatic rings. The van der Waals surface area contributed by atoms with E-state index in [0.29, 0.717) is 18.3 Å². The van der Waals surface area contributed by atoms with E-state index in [1.54, 1.807) is 6.20 Å². The molecule has 0 spiro atoms. The van der Waals surface area contributed by atoms with Gasteiger partial charge in [0.1, 0.15) is 10.7 Å². The van der Waals surface area contributed by atoms with Crippen molar-refractivity contribution in [3.8, 4) is 0 Å². The molecule has 0 aliphatic carbocycles. The second-order valence-electron chi connectivity index (χ2n) is 6.25. The molecule has 0 radical (unpaired) electrons. The van der Waals surface area contributed by atoms with Crippen LogP contribution < -0.4 is 16.0 Å². The zero-order chi connectivity index (χ0) is 20.2. The third-order valence-electron chi connectivity index (χ3n) is 3.98. The highest BCUT2D eigenvalue weighted by Crippen LogP contribution is 2.29. The molecule has 4 N–H and O–H groups in total. The number of urea groups is 1. The molecule has 0 atom stereocenters. The number of hydrogen-bond donors (Lipinski definition) is 4. The predicted molar refractivity (Wildman–Crippen MR) is 113 cm³/mol. The number of hydrogen-bond acceptors (Lipinski definition) is 6. The summed E-state index contributed by atoms with van der Waals surface area (Å²) in [5, 5.41) is 16.6. The number of amides is 2. The second-order valence-corrected chi connectivity index (χ2v) is 7.34. The lowest BCUT2D eigenvalue weighted by Gasteiger charge is -2.09. The number of carbonyl (C=O) groups excluding carboxylic acids is 1. The van der Waals surface area contributed by atoms with E-state index >= 15 is 0 Å². The number of H-pyrrole nitrogens is 1. The zero-order valence-corrected chi connectivity index (χ0v) is 16.7. The van der Waals surface area contributed by atoms with Crippen LogP contribution >= 0.6 is 11.8 Å². The molecule has 3 heterocycles. The molecule has 0 unspecified atom stereocenters. The molecule has 148 valence electrons. The fourth-order valence-corrected chi connectivity index (χ4v) is 3.51. The van der Waals surface area contributed by atoms with Gasteiger partial charge in [0.25, 0.3) is 0 Å². The lowest BCUT2D eigenvalue weighted by atomic mass is 10.3. The Bertz CT molecular complexity index is 1130. The van der Waals surface area contributed by atoms with Crippen molar-refractivity contribution in [3.63, 3.8) is 0 Å². The molecule has 1 aromatic carbocycles. The fourth-order valence-electron chi connectivity index (χ4n) is 2.70. The molecule has 4 aromatic rings. The average Bonchev–Trinajstić information content (AvgIpc) is 3.32. The van der Waals surface area contributed by atoms with E-state index in [4.69, 9.17) is 4.98 Å². The number of benzene rings is 1. The number of nitrogens with zero attached hydrogens (tertiary/aromatic N) is 4. The third-order valence-corrected chi connectivity index (χ3v) is 4.91. The number of aromatic nitrogens is 5. The zero-order valence-electron chi connectivity index (χ0n) is 15.9. The molecule has 0 aliphatic heterocycles. The molecule has 10 heteroatoms. The summed E-state index contributed by atoms with van der Waals surface area (Å²) in [7, 11) is 0. The van der Waals surface area contributed by atoms with Crippen LogP contribution in [-0.4, -0.2) is 37.1 Å². The molecule has 3 aromatic heterocycles. The highest BCUT2D eigenvalue weighted by atomic mass is 32.2. The normalized spacial score (nSPS) is 10.8. The summed E-state index contributed by atoms with van der Waals surface area (Å²) < 4.78 is 1.87. The minimum Gasteiger partial charge on any atom is -0.338 e. The van der Waals surface area contributed by atoms with Gasteiger partial charge < -0.3 is 16.0 Å². The maximum Gasteiger partial charge on any atom is 0.319 e. The van der Waals surface area contributed by atoms with Crippen LogP contribution in [0.2, 0.25) is 0 Å². The van der Waals surface area contributed by atoms with Gasteiger partial charge in [0, 0.05) is 47.3 Å². The van der Waals surface area contributed by atoms with Gasteiger partial charge in [-0.3, -0.25) is 9.50 Å². The Morgan fingerprint density at radius 2 is 2.07 bits per heavy atom. The van der Waals surface area contributed by atoms with Gasteiger partial charge in [-0.15, -0.1) is 0 Å². The van der Waals surface area contributed by atoms with Crippen molar-refractivity contribution in [1.29, 1.82) is 0 Å². The topological polar surface area (TPSA) is 112 Å². The molecular formula is C19H20N8OS. The fraction of sp³-hybridized carbons (Fsp3) is 0.158. The third kappa shape index (κ3) is 4.49. The largest absolute Gasteiger partial charge is 0.338 e. The van der Waals surface area contributed by atoms with Gasteiger partial charge in [-0.25, -0.2) is 14.8 Å². The molecule has 9 nitrogen and oxygen atoms in total. The van der Waals surface area contributed by atoms with E-state index < -0.39 is 0 Å². The first kappa shape index (κ1) is 18.8. The first-order chi connectivity index (χ1) is 14.1. The monoisotopic (exact) mass is 408 g/mol. The van der Waals surface area contributed by atoms with Crippen molar-refractivity contribution in [2.45, 2.75) is 23.8 Å². The second kappa shape index (κ2) is 8.23. The molecule has 2 amide bonds. The minimum atomic E-state index is -0.219. The van der Waals surface area contributed by atoms with Gasteiger partial charge >= 0.3 is 6.03 Å². The van der Waals surface area contributed by atoms with Gasteiger partial charge in [0.2, 0.25) is 5.95 Å². The van der Waals surface area contributed by atoms with Crippen LogP contribution in [0.25, 0.3) is 5.65 Å². The van der Waals surface area contributed by atoms with Crippen molar-refractivity contribution < 1.29 is 4.79 Å². The quantitative estimate of drug-likeness (QED) is 0.361. The van der Waals surface area contributed by atoms with Gasteiger partial charge in [-0.1, -0.05) is 11.8 Å². The summed E-state index contributed by atoms with van der Waals surface area (Å²) in [5.41, 5.74) is 2.47. The maximum absolute atomic E-state index is 11.6. The minimum absolute atomic E-state index is 0.219. The summed E-state index contributed by atoms with van der Waals surface area (Å²) in [4.78, 5) is 21.7. The molecule has 0 saturated carbocycles.